The van der Waals surface area contributed by atoms with Crippen molar-refractivity contribution in [3.63, 3.8) is 0 Å². The molecule has 3 atom stereocenters. The maximum atomic E-state index is 12.6. The van der Waals surface area contributed by atoms with Gasteiger partial charge < -0.3 is 24.7 Å². The van der Waals surface area contributed by atoms with Crippen molar-refractivity contribution in [2.24, 2.45) is 23.5 Å². The second-order valence-electron chi connectivity index (χ2n) is 10.1. The summed E-state index contributed by atoms with van der Waals surface area (Å²) in [7, 11) is 1.23. The van der Waals surface area contributed by atoms with E-state index in [1.54, 1.807) is 19.9 Å². The van der Waals surface area contributed by atoms with Crippen molar-refractivity contribution in [2.45, 2.75) is 85.6 Å². The molecular weight excluding hydrogens is 478 g/mol. The Morgan fingerprint density at radius 1 is 0.892 bits per heavy atom. The van der Waals surface area contributed by atoms with E-state index >= 15 is 0 Å². The van der Waals surface area contributed by atoms with Crippen LogP contribution in [0.4, 0.5) is 0 Å². The summed E-state index contributed by atoms with van der Waals surface area (Å²) in [6, 6.07) is 4.69. The zero-order valence-corrected chi connectivity index (χ0v) is 23.3. The van der Waals surface area contributed by atoms with E-state index in [9.17, 15) is 19.2 Å². The minimum atomic E-state index is -1.50. The van der Waals surface area contributed by atoms with Gasteiger partial charge in [0.05, 0.1) is 19.6 Å². The molecule has 0 aliphatic rings. The van der Waals surface area contributed by atoms with Crippen LogP contribution >= 0.6 is 0 Å². The minimum absolute atomic E-state index is 0.00983. The van der Waals surface area contributed by atoms with Crippen LogP contribution in [0.2, 0.25) is 0 Å². The molecule has 0 amide bonds. The first kappa shape index (κ1) is 32.1. The van der Waals surface area contributed by atoms with Crippen molar-refractivity contribution in [2.75, 3.05) is 13.7 Å². The van der Waals surface area contributed by atoms with Crippen LogP contribution in [-0.2, 0) is 35.1 Å². The smallest absolute Gasteiger partial charge is 0.326 e. The summed E-state index contributed by atoms with van der Waals surface area (Å²) >= 11 is 0. The van der Waals surface area contributed by atoms with Crippen molar-refractivity contribution in [1.82, 2.24) is 0 Å². The second-order valence-corrected chi connectivity index (χ2v) is 10.1. The van der Waals surface area contributed by atoms with E-state index in [1.807, 2.05) is 27.7 Å². The van der Waals surface area contributed by atoms with E-state index < -0.39 is 29.4 Å². The van der Waals surface area contributed by atoms with Gasteiger partial charge >= 0.3 is 23.9 Å². The van der Waals surface area contributed by atoms with E-state index in [2.05, 4.69) is 0 Å². The Labute approximate surface area is 220 Å². The van der Waals surface area contributed by atoms with Gasteiger partial charge in [-0.3, -0.25) is 19.2 Å². The van der Waals surface area contributed by atoms with Crippen LogP contribution in [0.15, 0.2) is 18.2 Å². The number of methoxy groups -OCH3 is 1. The number of carbonyl (C=O) groups excluding carboxylic acids is 4. The van der Waals surface area contributed by atoms with Gasteiger partial charge in [-0.05, 0) is 29.5 Å². The van der Waals surface area contributed by atoms with Crippen molar-refractivity contribution in [3.8, 4) is 11.5 Å². The fraction of sp³-hybridized carbons (Fsp3) is 0.643. The van der Waals surface area contributed by atoms with Gasteiger partial charge in [-0.1, -0.05) is 60.5 Å². The Bertz CT molecular complexity index is 929. The van der Waals surface area contributed by atoms with Crippen molar-refractivity contribution < 1.29 is 38.1 Å². The highest BCUT2D eigenvalue weighted by Gasteiger charge is 2.36. The summed E-state index contributed by atoms with van der Waals surface area (Å²) in [6.45, 7) is 11.2. The van der Waals surface area contributed by atoms with E-state index in [4.69, 9.17) is 24.7 Å². The second kappa shape index (κ2) is 15.3. The summed E-state index contributed by atoms with van der Waals surface area (Å²) < 4.78 is 21.2. The molecule has 1 aromatic rings. The van der Waals surface area contributed by atoms with Crippen LogP contribution in [0.25, 0.3) is 0 Å². The Kier molecular flexibility index (Phi) is 13.3. The molecule has 0 radical (unpaired) electrons. The van der Waals surface area contributed by atoms with Gasteiger partial charge in [-0.15, -0.1) is 0 Å². The summed E-state index contributed by atoms with van der Waals surface area (Å²) in [4.78, 5) is 49.3. The van der Waals surface area contributed by atoms with E-state index in [-0.39, 0.29) is 61.5 Å². The highest BCUT2D eigenvalue weighted by Crippen LogP contribution is 2.32. The Morgan fingerprint density at radius 2 is 1.43 bits per heavy atom. The standard InChI is InChI=1S/C28H43NO8/c1-8-19(5)14-24(30)36-22-11-10-21(16-23(22)37-25(31)15-20(6)9-2)17-28(29,27(33)34-7)12-13-35-26(32)18(3)4/h10-11,16,18-20H,8-9,12-15,17,29H2,1-7H3. The minimum Gasteiger partial charge on any atom is -0.468 e. The van der Waals surface area contributed by atoms with Crippen molar-refractivity contribution in [3.05, 3.63) is 23.8 Å². The van der Waals surface area contributed by atoms with Crippen LogP contribution < -0.4 is 15.2 Å². The highest BCUT2D eigenvalue weighted by atomic mass is 16.6. The molecule has 3 unspecified atom stereocenters. The van der Waals surface area contributed by atoms with Gasteiger partial charge in [-0.2, -0.15) is 0 Å². The van der Waals surface area contributed by atoms with Crippen LogP contribution in [0.3, 0.4) is 0 Å². The number of rotatable bonds is 15. The van der Waals surface area contributed by atoms with Gasteiger partial charge in [-0.25, -0.2) is 0 Å². The van der Waals surface area contributed by atoms with E-state index in [0.717, 1.165) is 12.8 Å². The lowest BCUT2D eigenvalue weighted by Crippen LogP contribution is -2.51. The number of ether oxygens (including phenoxy) is 4. The molecular formula is C28H43NO8. The Morgan fingerprint density at radius 3 is 1.92 bits per heavy atom. The van der Waals surface area contributed by atoms with Gasteiger partial charge in [0.15, 0.2) is 11.5 Å². The maximum Gasteiger partial charge on any atom is 0.326 e. The zero-order chi connectivity index (χ0) is 28.2. The van der Waals surface area contributed by atoms with Crippen LogP contribution in [0.5, 0.6) is 11.5 Å². The van der Waals surface area contributed by atoms with Crippen molar-refractivity contribution in [1.29, 1.82) is 0 Å². The number of nitrogens with two attached hydrogens (primary N) is 1. The molecule has 0 aliphatic heterocycles. The predicted molar refractivity (Wildman–Crippen MR) is 139 cm³/mol. The maximum absolute atomic E-state index is 12.6. The lowest BCUT2D eigenvalue weighted by molar-refractivity contribution is -0.152. The van der Waals surface area contributed by atoms with Crippen LogP contribution in [0, 0.1) is 17.8 Å². The first-order valence-corrected chi connectivity index (χ1v) is 12.9. The number of esters is 4. The molecule has 0 heterocycles. The van der Waals surface area contributed by atoms with Gasteiger partial charge in [0, 0.05) is 25.7 Å². The molecule has 0 aliphatic carbocycles. The topological polar surface area (TPSA) is 131 Å². The quantitative estimate of drug-likeness (QED) is 0.264. The third kappa shape index (κ3) is 10.9. The average molecular weight is 522 g/mol. The summed E-state index contributed by atoms with van der Waals surface area (Å²) in [5.41, 5.74) is 5.46. The highest BCUT2D eigenvalue weighted by molar-refractivity contribution is 5.81. The predicted octanol–water partition coefficient (Wildman–Crippen LogP) is 4.37. The fourth-order valence-electron chi connectivity index (χ4n) is 3.34. The van der Waals surface area contributed by atoms with Gasteiger partial charge in [0.25, 0.3) is 0 Å². The molecule has 0 spiro atoms. The lowest BCUT2D eigenvalue weighted by atomic mass is 9.88. The summed E-state index contributed by atoms with van der Waals surface area (Å²) in [6.07, 6.45) is 2.08. The fourth-order valence-corrected chi connectivity index (χ4v) is 3.34. The van der Waals surface area contributed by atoms with Crippen LogP contribution in [-0.4, -0.2) is 43.1 Å². The monoisotopic (exact) mass is 521 g/mol. The molecule has 208 valence electrons. The first-order chi connectivity index (χ1) is 17.3. The molecule has 0 saturated carbocycles. The Balaban J connectivity index is 3.21. The normalized spacial score (nSPS) is 14.3. The number of carbonyl (C=O) groups is 4. The number of hydrogen-bond acceptors (Lipinski definition) is 9. The third-order valence-electron chi connectivity index (χ3n) is 6.26. The first-order valence-electron chi connectivity index (χ1n) is 12.9. The third-order valence-corrected chi connectivity index (χ3v) is 6.26. The lowest BCUT2D eigenvalue weighted by Gasteiger charge is -2.27. The molecule has 37 heavy (non-hydrogen) atoms. The Hall–Kier alpha value is -2.94. The largest absolute Gasteiger partial charge is 0.468 e. The number of benzene rings is 1. The molecule has 0 fully saturated rings. The zero-order valence-electron chi connectivity index (χ0n) is 23.3. The average Bonchev–Trinajstić information content (AvgIpc) is 2.84. The molecule has 1 rings (SSSR count). The SMILES string of the molecule is CCC(C)CC(=O)Oc1ccc(CC(N)(CCOC(=O)C(C)C)C(=O)OC)cc1OC(=O)CC(C)CC. The summed E-state index contributed by atoms with van der Waals surface area (Å²) in [5, 5.41) is 0. The van der Waals surface area contributed by atoms with E-state index in [1.165, 1.54) is 19.2 Å². The summed E-state index contributed by atoms with van der Waals surface area (Å²) in [5.74, 6) is -1.83. The van der Waals surface area contributed by atoms with Gasteiger partial charge in [0.1, 0.15) is 5.54 Å². The number of hydrogen-bond donors (Lipinski definition) is 1. The molecule has 9 nitrogen and oxygen atoms in total. The molecule has 0 aromatic heterocycles. The van der Waals surface area contributed by atoms with Crippen LogP contribution in [0.1, 0.15) is 79.2 Å². The molecule has 1 aromatic carbocycles. The van der Waals surface area contributed by atoms with Crippen molar-refractivity contribution >= 4 is 23.9 Å². The van der Waals surface area contributed by atoms with E-state index in [0.29, 0.717) is 5.56 Å². The van der Waals surface area contributed by atoms with Gasteiger partial charge in [0.2, 0.25) is 0 Å². The molecule has 2 N–H and O–H groups in total. The molecule has 0 bridgehead atoms. The molecule has 0 saturated heterocycles. The molecule has 9 heteroatoms.